The van der Waals surface area contributed by atoms with Crippen molar-refractivity contribution in [1.82, 2.24) is 0 Å². The largest absolute Gasteiger partial charge is 0.310 e. The van der Waals surface area contributed by atoms with E-state index in [9.17, 15) is 15.1 Å². The molecule has 0 atom stereocenters. The normalized spacial score (nSPS) is 14.8. The van der Waals surface area contributed by atoms with Gasteiger partial charge in [-0.1, -0.05) is 145 Å². The Balaban J connectivity index is 1.41. The minimum Gasteiger partial charge on any atom is -0.310 e. The third-order valence-corrected chi connectivity index (χ3v) is 9.52. The lowest BCUT2D eigenvalue weighted by Crippen LogP contribution is -2.10. The Labute approximate surface area is 301 Å². The summed E-state index contributed by atoms with van der Waals surface area (Å²) in [7, 11) is 0. The van der Waals surface area contributed by atoms with Gasteiger partial charge < -0.3 is 4.90 Å². The number of benzene rings is 8. The third kappa shape index (κ3) is 5.04. The molecule has 0 aliphatic rings. The zero-order valence-electron chi connectivity index (χ0n) is 37.3. The Morgan fingerprint density at radius 2 is 1.04 bits per heavy atom. The van der Waals surface area contributed by atoms with Gasteiger partial charge in [0.25, 0.3) is 0 Å². The van der Waals surface area contributed by atoms with E-state index in [-0.39, 0.29) is 16.7 Å². The van der Waals surface area contributed by atoms with Crippen LogP contribution in [-0.4, -0.2) is 0 Å². The molecule has 48 heavy (non-hydrogen) atoms. The van der Waals surface area contributed by atoms with Gasteiger partial charge in [-0.2, -0.15) is 0 Å². The van der Waals surface area contributed by atoms with Crippen molar-refractivity contribution in [3.05, 3.63) is 188 Å². The average Bonchev–Trinajstić information content (AvgIpc) is 3.64. The van der Waals surface area contributed by atoms with Gasteiger partial charge in [-0.3, -0.25) is 0 Å². The zero-order valence-corrected chi connectivity index (χ0v) is 26.1. The van der Waals surface area contributed by atoms with E-state index in [1.165, 1.54) is 11.3 Å². The standard InChI is InChI=1S/C46H31NS/c1-2-11-32(12-3-1)33-23-27-37(28-24-33)47(38-29-25-35(26-30-38)41-19-9-14-34-13-4-5-17-40(34)41)39-16-8-15-36(31-39)42-20-10-21-44-43-18-6-7-22-45(43)48-46(42)44/h1-31H/i8D,15D,16D,23D,24D,25D,26D,27D,28D,29D,30D,31D. The first-order valence-electron chi connectivity index (χ1n) is 21.4. The highest BCUT2D eigenvalue weighted by Gasteiger charge is 2.16. The fourth-order valence-corrected chi connectivity index (χ4v) is 7.24. The van der Waals surface area contributed by atoms with Crippen LogP contribution >= 0.6 is 11.3 Å². The summed E-state index contributed by atoms with van der Waals surface area (Å²) in [6.07, 6.45) is 0. The molecule has 0 spiro atoms. The maximum Gasteiger partial charge on any atom is 0.0651 e. The van der Waals surface area contributed by atoms with Crippen LogP contribution in [-0.2, 0) is 0 Å². The molecule has 1 nitrogen and oxygen atoms in total. The van der Waals surface area contributed by atoms with Gasteiger partial charge in [0, 0.05) is 37.2 Å². The van der Waals surface area contributed by atoms with Crippen LogP contribution in [0.25, 0.3) is 64.3 Å². The molecule has 1 aromatic heterocycles. The lowest BCUT2D eigenvalue weighted by atomic mass is 9.98. The van der Waals surface area contributed by atoms with Crippen LogP contribution < -0.4 is 4.90 Å². The predicted octanol–water partition coefficient (Wildman–Crippen LogP) is 13.7. The van der Waals surface area contributed by atoms with E-state index in [1.807, 2.05) is 54.6 Å². The summed E-state index contributed by atoms with van der Waals surface area (Å²) >= 11 is 1.43. The molecule has 0 saturated carbocycles. The highest BCUT2D eigenvalue weighted by molar-refractivity contribution is 7.26. The van der Waals surface area contributed by atoms with Crippen LogP contribution in [0.1, 0.15) is 16.4 Å². The smallest absolute Gasteiger partial charge is 0.0651 e. The highest BCUT2D eigenvalue weighted by atomic mass is 32.1. The molecule has 1 heterocycles. The summed E-state index contributed by atoms with van der Waals surface area (Å²) in [6, 6.07) is 27.4. The molecular weight excluding hydrogens is 599 g/mol. The van der Waals surface area contributed by atoms with Gasteiger partial charge in [-0.15, -0.1) is 11.3 Å². The van der Waals surface area contributed by atoms with E-state index in [1.54, 1.807) is 60.7 Å². The van der Waals surface area contributed by atoms with Crippen LogP contribution in [0.15, 0.2) is 188 Å². The van der Waals surface area contributed by atoms with Crippen molar-refractivity contribution in [2.45, 2.75) is 0 Å². The van der Waals surface area contributed by atoms with E-state index in [0.717, 1.165) is 25.8 Å². The molecule has 0 saturated heterocycles. The van der Waals surface area contributed by atoms with Gasteiger partial charge in [0.2, 0.25) is 0 Å². The van der Waals surface area contributed by atoms with Crippen molar-refractivity contribution in [2.75, 3.05) is 4.90 Å². The number of hydrogen-bond acceptors (Lipinski definition) is 2. The summed E-state index contributed by atoms with van der Waals surface area (Å²) < 4.78 is 114. The first-order chi connectivity index (χ1) is 28.8. The summed E-state index contributed by atoms with van der Waals surface area (Å²) in [6.45, 7) is 0. The number of thiophene rings is 1. The van der Waals surface area contributed by atoms with Crippen molar-refractivity contribution in [1.29, 1.82) is 0 Å². The Kier molecular flexibility index (Phi) is 4.60. The molecule has 0 amide bonds. The highest BCUT2D eigenvalue weighted by Crippen LogP contribution is 2.43. The molecule has 9 rings (SSSR count). The molecule has 226 valence electrons. The average molecular weight is 642 g/mol. The van der Waals surface area contributed by atoms with E-state index < -0.39 is 89.6 Å². The van der Waals surface area contributed by atoms with Crippen LogP contribution in [0, 0.1) is 0 Å². The van der Waals surface area contributed by atoms with Crippen molar-refractivity contribution in [3.63, 3.8) is 0 Å². The Hall–Kier alpha value is -5.96. The van der Waals surface area contributed by atoms with E-state index >= 15 is 0 Å². The van der Waals surface area contributed by atoms with Gasteiger partial charge >= 0.3 is 0 Å². The third-order valence-electron chi connectivity index (χ3n) is 8.30. The molecule has 0 radical (unpaired) electrons. The number of hydrogen-bond donors (Lipinski definition) is 0. The van der Waals surface area contributed by atoms with Gasteiger partial charge in [0.1, 0.15) is 0 Å². The van der Waals surface area contributed by atoms with E-state index in [0.29, 0.717) is 26.8 Å². The van der Waals surface area contributed by atoms with Gasteiger partial charge in [-0.05, 0) is 86.5 Å². The van der Waals surface area contributed by atoms with Crippen LogP contribution in [0.5, 0.6) is 0 Å². The molecular formula is C46H31NS. The Morgan fingerprint density at radius 3 is 1.85 bits per heavy atom. The number of nitrogens with zero attached hydrogens (tertiary/aromatic N) is 1. The second kappa shape index (κ2) is 12.0. The van der Waals surface area contributed by atoms with Crippen LogP contribution in [0.3, 0.4) is 0 Å². The van der Waals surface area contributed by atoms with Crippen molar-refractivity contribution < 1.29 is 16.4 Å². The maximum atomic E-state index is 9.85. The summed E-state index contributed by atoms with van der Waals surface area (Å²) in [5.74, 6) is 0. The minimum absolute atomic E-state index is 0.0264. The lowest BCUT2D eigenvalue weighted by molar-refractivity contribution is 1.28. The first-order valence-corrected chi connectivity index (χ1v) is 16.2. The Bertz CT molecular complexity index is 3190. The predicted molar refractivity (Wildman–Crippen MR) is 208 cm³/mol. The van der Waals surface area contributed by atoms with Crippen molar-refractivity contribution >= 4 is 59.3 Å². The van der Waals surface area contributed by atoms with Crippen LogP contribution in [0.4, 0.5) is 17.1 Å². The summed E-state index contributed by atoms with van der Waals surface area (Å²) in [4.78, 5) is 0.903. The number of rotatable bonds is 6. The molecule has 2 heteroatoms. The van der Waals surface area contributed by atoms with Crippen molar-refractivity contribution in [3.8, 4) is 33.4 Å². The van der Waals surface area contributed by atoms with Gasteiger partial charge in [-0.25, -0.2) is 0 Å². The zero-order chi connectivity index (χ0) is 42.3. The quantitative estimate of drug-likeness (QED) is 0.175. The fraction of sp³-hybridized carbons (Fsp3) is 0. The van der Waals surface area contributed by atoms with Crippen molar-refractivity contribution in [2.24, 2.45) is 0 Å². The molecule has 0 aliphatic heterocycles. The van der Waals surface area contributed by atoms with Crippen LogP contribution in [0.2, 0.25) is 0 Å². The topological polar surface area (TPSA) is 3.24 Å². The molecule has 0 fully saturated rings. The molecule has 8 aromatic carbocycles. The van der Waals surface area contributed by atoms with Gasteiger partial charge in [0.15, 0.2) is 0 Å². The fourth-order valence-electron chi connectivity index (χ4n) is 6.02. The monoisotopic (exact) mass is 641 g/mol. The number of fused-ring (bicyclic) bond motifs is 4. The molecule has 0 unspecified atom stereocenters. The van der Waals surface area contributed by atoms with Gasteiger partial charge in [0.05, 0.1) is 16.4 Å². The molecule has 0 N–H and O–H groups in total. The number of anilines is 3. The minimum atomic E-state index is -0.712. The molecule has 0 aliphatic carbocycles. The first kappa shape index (κ1) is 18.4. The second-order valence-electron chi connectivity index (χ2n) is 11.2. The lowest BCUT2D eigenvalue weighted by Gasteiger charge is -2.26. The maximum absolute atomic E-state index is 9.85. The Morgan fingerprint density at radius 1 is 0.417 bits per heavy atom. The molecule has 0 bridgehead atoms. The summed E-state index contributed by atoms with van der Waals surface area (Å²) in [5, 5.41) is 3.26. The van der Waals surface area contributed by atoms with E-state index in [2.05, 4.69) is 0 Å². The van der Waals surface area contributed by atoms with E-state index in [4.69, 9.17) is 1.37 Å². The SMILES string of the molecule is [2H]c1c([2H])c(-c2cccc3c2sc2ccccc23)c([2H])c(N(c2c([2H])c([2H])c(-c3ccccc3)c([2H])c2[2H])c2c([2H])c([2H])c(-c3cccc4ccccc34)c([2H])c2[2H])c1[2H]. The summed E-state index contributed by atoms with van der Waals surface area (Å²) in [5.41, 5.74) is -0.497. The second-order valence-corrected chi connectivity index (χ2v) is 12.2. The molecule has 9 aromatic rings.